The first-order valence-electron chi connectivity index (χ1n) is 19.3. The molecule has 1 aromatic carbocycles. The maximum absolute atomic E-state index is 13.8. The lowest BCUT2D eigenvalue weighted by Crippen LogP contribution is -2.60. The third-order valence-electron chi connectivity index (χ3n) is 7.71. The summed E-state index contributed by atoms with van der Waals surface area (Å²) < 4.78 is 55.4. The van der Waals surface area contributed by atoms with Crippen LogP contribution in [0, 0.1) is 11.3 Å². The van der Waals surface area contributed by atoms with Gasteiger partial charge >= 0.3 is 18.0 Å². The molecule has 3 rings (SSSR count). The summed E-state index contributed by atoms with van der Waals surface area (Å²) in [6.07, 6.45) is -0.407. The fourth-order valence-corrected chi connectivity index (χ4v) is 5.03. The number of carbonyl (C=O) groups excluding carboxylic acids is 5. The highest BCUT2D eigenvalue weighted by molar-refractivity contribution is 6.67. The highest BCUT2D eigenvalue weighted by Gasteiger charge is 2.37. The Kier molecular flexibility index (Phi) is 12.4. The van der Waals surface area contributed by atoms with Crippen LogP contribution < -0.4 is 16.1 Å². The summed E-state index contributed by atoms with van der Waals surface area (Å²) >= 11 is 16.9. The van der Waals surface area contributed by atoms with Crippen molar-refractivity contribution in [1.82, 2.24) is 26.1 Å². The van der Waals surface area contributed by atoms with E-state index < -0.39 is 88.2 Å². The van der Waals surface area contributed by atoms with Gasteiger partial charge in [-0.05, 0) is 84.9 Å². The van der Waals surface area contributed by atoms with Crippen LogP contribution in [0.5, 0.6) is 0 Å². The van der Waals surface area contributed by atoms with Crippen molar-refractivity contribution >= 4 is 81.6 Å². The monoisotopic (exact) mass is 802 g/mol. The predicted molar refractivity (Wildman–Crippen MR) is 204 cm³/mol. The van der Waals surface area contributed by atoms with Gasteiger partial charge in [0.15, 0.2) is 6.08 Å². The van der Waals surface area contributed by atoms with E-state index in [0.29, 0.717) is 23.2 Å². The van der Waals surface area contributed by atoms with Gasteiger partial charge in [-0.15, -0.1) is 0 Å². The largest absolute Gasteiger partial charge is 0.460 e. The second-order valence-electron chi connectivity index (χ2n) is 14.2. The number of alkyl carbamates (subject to hydrolysis) is 1. The fraction of sp³-hybridized carbons (Fsp3) is 0.568. The van der Waals surface area contributed by atoms with Gasteiger partial charge in [-0.1, -0.05) is 78.9 Å². The number of nitrogens with zero attached hydrogens (tertiary/aromatic N) is 2. The molecule has 3 N–H and O–H groups in total. The molecule has 1 aliphatic heterocycles. The SMILES string of the molecule is [2H]C([2H])([2H])C([2H])(C)[C@]([2H])(OC(=O)C(C)(C)/C=C/c1ccc2ccc([C@@H](C)NC(=O)OC(C)(C)C)nc2c1)C(=O)N[C@@H](C)C(=O)N1CCC[C@@H](C(=O)OCC(Cl)(Cl)Cl)N1. The van der Waals surface area contributed by atoms with Gasteiger partial charge in [-0.3, -0.25) is 29.2 Å². The number of benzene rings is 1. The van der Waals surface area contributed by atoms with Crippen LogP contribution in [0.2, 0.25) is 0 Å². The second kappa shape index (κ2) is 18.1. The van der Waals surface area contributed by atoms with Crippen LogP contribution in [0.15, 0.2) is 36.4 Å². The number of rotatable bonds is 12. The summed E-state index contributed by atoms with van der Waals surface area (Å²) in [5.74, 6) is -7.40. The van der Waals surface area contributed by atoms with E-state index in [0.717, 1.165) is 17.3 Å². The molecule has 1 saturated heterocycles. The van der Waals surface area contributed by atoms with E-state index in [-0.39, 0.29) is 13.0 Å². The van der Waals surface area contributed by atoms with E-state index in [4.69, 9.17) is 55.9 Å². The van der Waals surface area contributed by atoms with Crippen molar-refractivity contribution < 1.29 is 45.0 Å². The van der Waals surface area contributed by atoms with Gasteiger partial charge in [-0.2, -0.15) is 0 Å². The van der Waals surface area contributed by atoms with Crippen molar-refractivity contribution in [2.75, 3.05) is 13.2 Å². The third-order valence-corrected chi connectivity index (χ3v) is 8.03. The zero-order valence-electron chi connectivity index (χ0n) is 35.9. The van der Waals surface area contributed by atoms with Crippen molar-refractivity contribution in [2.24, 2.45) is 11.3 Å². The van der Waals surface area contributed by atoms with Crippen LogP contribution >= 0.6 is 34.8 Å². The Morgan fingerprint density at radius 1 is 1.08 bits per heavy atom. The zero-order chi connectivity index (χ0) is 44.2. The van der Waals surface area contributed by atoms with Crippen LogP contribution in [-0.4, -0.2) is 80.5 Å². The standard InChI is InChI=1S/C37H50Cl3N5O8/c1-21(2)29(30(46)41-23(4)31(47)45-18-10-11-27(44-45)32(48)51-20-37(38,39)40)52-33(49)36(8,9)17-16-24-12-13-25-14-15-26(43-28(25)19-24)22(3)42-34(50)53-35(5,6)7/h12-17,19,21-23,27,29,44H,10-11,18,20H2,1-9H3,(H,41,46)(H,42,50)/b17-16+/t22-,23+,27+,29+/m1/s1/i1D3,21D,29D/t21?,22-,23+,27+,29+. The average molecular weight is 804 g/mol. The molecule has 0 spiro atoms. The molecule has 3 amide bonds. The number of hydrogen-bond donors (Lipinski definition) is 3. The van der Waals surface area contributed by atoms with E-state index in [1.807, 2.05) is 6.07 Å². The molecule has 53 heavy (non-hydrogen) atoms. The van der Waals surface area contributed by atoms with Crippen molar-refractivity contribution in [3.05, 3.63) is 47.7 Å². The van der Waals surface area contributed by atoms with E-state index >= 15 is 0 Å². The minimum Gasteiger partial charge on any atom is -0.460 e. The molecule has 1 aromatic heterocycles. The molecule has 16 heteroatoms. The van der Waals surface area contributed by atoms with E-state index in [1.54, 1.807) is 58.0 Å². The van der Waals surface area contributed by atoms with Crippen LogP contribution in [-0.2, 0) is 33.4 Å². The van der Waals surface area contributed by atoms with Crippen molar-refractivity contribution in [3.63, 3.8) is 0 Å². The lowest BCUT2D eigenvalue weighted by molar-refractivity contribution is -0.165. The lowest BCUT2D eigenvalue weighted by atomic mass is 9.92. The maximum atomic E-state index is 13.8. The van der Waals surface area contributed by atoms with Gasteiger partial charge in [0.25, 0.3) is 11.8 Å². The van der Waals surface area contributed by atoms with E-state index in [1.165, 1.54) is 26.8 Å². The normalized spacial score (nSPS) is 20.5. The Labute approximate surface area is 332 Å². The Morgan fingerprint density at radius 3 is 2.40 bits per heavy atom. The summed E-state index contributed by atoms with van der Waals surface area (Å²) in [7, 11) is 0. The Morgan fingerprint density at radius 2 is 1.75 bits per heavy atom. The van der Waals surface area contributed by atoms with E-state index in [2.05, 4.69) is 21.0 Å². The molecular weight excluding hydrogens is 749 g/mol. The molecule has 292 valence electrons. The number of aromatic nitrogens is 1. The Balaban J connectivity index is 1.80. The van der Waals surface area contributed by atoms with Crippen molar-refractivity contribution in [2.45, 2.75) is 109 Å². The fourth-order valence-electron chi connectivity index (χ4n) is 4.87. The highest BCUT2D eigenvalue weighted by Crippen LogP contribution is 2.27. The van der Waals surface area contributed by atoms with Crippen LogP contribution in [0.4, 0.5) is 4.79 Å². The second-order valence-corrected chi connectivity index (χ2v) is 16.7. The van der Waals surface area contributed by atoms with Crippen molar-refractivity contribution in [3.8, 4) is 0 Å². The molecule has 13 nitrogen and oxygen atoms in total. The van der Waals surface area contributed by atoms with Gasteiger partial charge in [0.2, 0.25) is 3.79 Å². The summed E-state index contributed by atoms with van der Waals surface area (Å²) in [5.41, 5.74) is 2.14. The van der Waals surface area contributed by atoms with Crippen LogP contribution in [0.3, 0.4) is 0 Å². The van der Waals surface area contributed by atoms with Crippen molar-refractivity contribution in [1.29, 1.82) is 0 Å². The molecule has 5 atom stereocenters. The van der Waals surface area contributed by atoms with Crippen LogP contribution in [0.1, 0.15) is 99.2 Å². The number of pyridine rings is 1. The quantitative estimate of drug-likeness (QED) is 0.125. The number of amides is 3. The zero-order valence-corrected chi connectivity index (χ0v) is 33.2. The summed E-state index contributed by atoms with van der Waals surface area (Å²) in [4.78, 5) is 70.4. The van der Waals surface area contributed by atoms with Gasteiger partial charge in [0.1, 0.15) is 24.3 Å². The predicted octanol–water partition coefficient (Wildman–Crippen LogP) is 6.34. The molecule has 1 fully saturated rings. The molecular formula is C37H50Cl3N5O8. The minimum absolute atomic E-state index is 0.0963. The summed E-state index contributed by atoms with van der Waals surface area (Å²) in [6, 6.07) is 5.94. The number of nitrogens with one attached hydrogen (secondary N) is 3. The number of esters is 2. The molecule has 0 aliphatic carbocycles. The average Bonchev–Trinajstić information content (AvgIpc) is 3.10. The molecule has 1 unspecified atom stereocenters. The van der Waals surface area contributed by atoms with Gasteiger partial charge in [-0.25, -0.2) is 10.2 Å². The number of carbonyl (C=O) groups is 5. The first-order valence-corrected chi connectivity index (χ1v) is 17.9. The highest BCUT2D eigenvalue weighted by atomic mass is 35.6. The number of alkyl halides is 3. The third kappa shape index (κ3) is 13.6. The lowest BCUT2D eigenvalue weighted by Gasteiger charge is -2.34. The molecule has 0 bridgehead atoms. The first-order chi connectivity index (χ1) is 26.4. The smallest absolute Gasteiger partial charge is 0.408 e. The summed E-state index contributed by atoms with van der Waals surface area (Å²) in [6.45, 7) is 8.06. The first kappa shape index (κ1) is 36.3. The van der Waals surface area contributed by atoms with E-state index in [9.17, 15) is 24.0 Å². The number of fused-ring (bicyclic) bond motifs is 1. The Bertz CT molecular complexity index is 1900. The number of hydrazine groups is 1. The molecule has 0 radical (unpaired) electrons. The Hall–Kier alpha value is -3.65. The maximum Gasteiger partial charge on any atom is 0.408 e. The van der Waals surface area contributed by atoms with Gasteiger partial charge < -0.3 is 24.8 Å². The van der Waals surface area contributed by atoms with Gasteiger partial charge in [0, 0.05) is 17.4 Å². The van der Waals surface area contributed by atoms with Gasteiger partial charge in [0.05, 0.1) is 24.0 Å². The number of halogens is 3. The molecule has 0 saturated carbocycles. The number of hydrogen-bond acceptors (Lipinski definition) is 10. The molecule has 1 aliphatic rings. The molecule has 2 aromatic rings. The number of ether oxygens (including phenoxy) is 3. The summed E-state index contributed by atoms with van der Waals surface area (Å²) in [5, 5.41) is 6.80. The van der Waals surface area contributed by atoms with Crippen LogP contribution in [0.25, 0.3) is 17.0 Å². The molecule has 2 heterocycles. The minimum atomic E-state index is -3.40. The topological polar surface area (TPSA) is 165 Å².